The molecule has 0 saturated heterocycles. The second-order valence-corrected chi connectivity index (χ2v) is 7.59. The highest BCUT2D eigenvalue weighted by molar-refractivity contribution is 6.13. The van der Waals surface area contributed by atoms with Crippen LogP contribution < -0.4 is 10.1 Å². The van der Waals surface area contributed by atoms with E-state index in [1.165, 1.54) is 12.1 Å². The lowest BCUT2D eigenvalue weighted by Crippen LogP contribution is -2.39. The van der Waals surface area contributed by atoms with Crippen molar-refractivity contribution in [1.29, 1.82) is 0 Å². The molecule has 1 aliphatic carbocycles. The third kappa shape index (κ3) is 3.65. The van der Waals surface area contributed by atoms with E-state index >= 15 is 0 Å². The molecule has 2 aliphatic rings. The lowest BCUT2D eigenvalue weighted by molar-refractivity contribution is -0.119. The quantitative estimate of drug-likeness (QED) is 0.803. The third-order valence-electron chi connectivity index (χ3n) is 5.72. The van der Waals surface area contributed by atoms with Crippen molar-refractivity contribution in [3.63, 3.8) is 0 Å². The number of aliphatic imine (C=N–C) groups is 1. The van der Waals surface area contributed by atoms with E-state index < -0.39 is 17.7 Å². The van der Waals surface area contributed by atoms with Crippen LogP contribution in [0.25, 0.3) is 0 Å². The maximum atomic E-state index is 14.1. The van der Waals surface area contributed by atoms with Gasteiger partial charge < -0.3 is 10.1 Å². The monoisotopic (exact) mass is 406 g/mol. The summed E-state index contributed by atoms with van der Waals surface area (Å²) < 4.78 is 19.4. The summed E-state index contributed by atoms with van der Waals surface area (Å²) in [6.07, 6.45) is 1.92. The Morgan fingerprint density at radius 1 is 1.13 bits per heavy atom. The first-order valence-electron chi connectivity index (χ1n) is 10.0. The molecule has 0 saturated carbocycles. The summed E-state index contributed by atoms with van der Waals surface area (Å²) in [6.45, 7) is 1.80. The fourth-order valence-electron chi connectivity index (χ4n) is 4.29. The number of ketones is 1. The number of amides is 1. The average Bonchev–Trinajstić information content (AvgIpc) is 2.74. The minimum Gasteiger partial charge on any atom is -0.497 e. The molecule has 4 rings (SSSR count). The standard InChI is InChI=1S/C24H23FN2O3/c1-14-21(24(29)27-18-7-4-3-6-17(18)25)22(15-10-12-16(30-2)13-11-15)23-19(26-14)8-5-9-20(23)28/h3-4,6-7,10-13,21-22H,5,8-9H2,1-2H3,(H,27,29)/t21?,22-/m0/s1. The molecule has 0 fully saturated rings. The molecule has 5 nitrogen and oxygen atoms in total. The highest BCUT2D eigenvalue weighted by atomic mass is 19.1. The molecule has 2 aromatic rings. The maximum Gasteiger partial charge on any atom is 0.234 e. The maximum absolute atomic E-state index is 14.1. The normalized spacial score (nSPS) is 21.0. The summed E-state index contributed by atoms with van der Waals surface area (Å²) >= 11 is 0. The predicted molar refractivity (Wildman–Crippen MR) is 113 cm³/mol. The number of benzene rings is 2. The first-order chi connectivity index (χ1) is 14.5. The summed E-state index contributed by atoms with van der Waals surface area (Å²) in [5.74, 6) is -1.35. The minimum absolute atomic E-state index is 0.0250. The van der Waals surface area contributed by atoms with Gasteiger partial charge in [0.05, 0.1) is 18.7 Å². The highest BCUT2D eigenvalue weighted by Gasteiger charge is 2.42. The molecule has 154 valence electrons. The largest absolute Gasteiger partial charge is 0.497 e. The number of halogens is 1. The number of para-hydroxylation sites is 1. The van der Waals surface area contributed by atoms with E-state index in [9.17, 15) is 14.0 Å². The number of nitrogens with one attached hydrogen (secondary N) is 1. The Kier molecular flexibility index (Phi) is 5.48. The van der Waals surface area contributed by atoms with Crippen molar-refractivity contribution in [2.75, 3.05) is 12.4 Å². The summed E-state index contributed by atoms with van der Waals surface area (Å²) in [6, 6.07) is 13.4. The van der Waals surface area contributed by atoms with E-state index in [1.54, 1.807) is 26.2 Å². The third-order valence-corrected chi connectivity index (χ3v) is 5.72. The van der Waals surface area contributed by atoms with Gasteiger partial charge in [-0.05, 0) is 49.6 Å². The van der Waals surface area contributed by atoms with Crippen LogP contribution in [-0.4, -0.2) is 24.5 Å². The van der Waals surface area contributed by atoms with E-state index in [0.29, 0.717) is 29.9 Å². The molecule has 1 unspecified atom stereocenters. The Labute approximate surface area is 174 Å². The number of methoxy groups -OCH3 is 1. The van der Waals surface area contributed by atoms with Gasteiger partial charge in [0, 0.05) is 29.3 Å². The van der Waals surface area contributed by atoms with Crippen molar-refractivity contribution in [3.05, 3.63) is 71.2 Å². The van der Waals surface area contributed by atoms with Gasteiger partial charge in [-0.25, -0.2) is 4.39 Å². The molecule has 30 heavy (non-hydrogen) atoms. The van der Waals surface area contributed by atoms with Crippen LogP contribution in [0.3, 0.4) is 0 Å². The number of rotatable bonds is 4. The molecule has 1 amide bonds. The van der Waals surface area contributed by atoms with Gasteiger partial charge in [-0.1, -0.05) is 24.3 Å². The number of carbonyl (C=O) groups is 2. The van der Waals surface area contributed by atoms with Gasteiger partial charge in [0.15, 0.2) is 5.78 Å². The van der Waals surface area contributed by atoms with Crippen molar-refractivity contribution < 1.29 is 18.7 Å². The van der Waals surface area contributed by atoms with Crippen LogP contribution in [0.4, 0.5) is 10.1 Å². The zero-order chi connectivity index (χ0) is 21.3. The second kappa shape index (κ2) is 8.22. The Morgan fingerprint density at radius 2 is 1.87 bits per heavy atom. The first-order valence-corrected chi connectivity index (χ1v) is 10.0. The van der Waals surface area contributed by atoms with Gasteiger partial charge in [0.1, 0.15) is 11.6 Å². The van der Waals surface area contributed by atoms with Crippen LogP contribution in [0.5, 0.6) is 5.75 Å². The Bertz CT molecular complexity index is 1060. The number of allylic oxidation sites excluding steroid dienone is 2. The molecular weight excluding hydrogens is 383 g/mol. The van der Waals surface area contributed by atoms with Crippen molar-refractivity contribution in [2.24, 2.45) is 10.9 Å². The van der Waals surface area contributed by atoms with Crippen LogP contribution >= 0.6 is 0 Å². The molecule has 0 spiro atoms. The van der Waals surface area contributed by atoms with Gasteiger partial charge in [-0.15, -0.1) is 0 Å². The number of ether oxygens (including phenoxy) is 1. The molecule has 2 atom stereocenters. The van der Waals surface area contributed by atoms with Gasteiger partial charge in [-0.2, -0.15) is 0 Å². The van der Waals surface area contributed by atoms with E-state index in [0.717, 1.165) is 17.7 Å². The SMILES string of the molecule is COc1ccc([C@@H]2C3=C(CCCC3=O)N=C(C)C2C(=O)Nc2ccccc2F)cc1. The van der Waals surface area contributed by atoms with Crippen LogP contribution in [0.15, 0.2) is 64.8 Å². The van der Waals surface area contributed by atoms with Crippen molar-refractivity contribution >= 4 is 23.1 Å². The van der Waals surface area contributed by atoms with Gasteiger partial charge in [0.2, 0.25) is 5.91 Å². The average molecular weight is 406 g/mol. The lowest BCUT2D eigenvalue weighted by Gasteiger charge is -2.35. The van der Waals surface area contributed by atoms with Crippen molar-refractivity contribution in [2.45, 2.75) is 32.1 Å². The zero-order valence-corrected chi connectivity index (χ0v) is 16.9. The van der Waals surface area contributed by atoms with Crippen molar-refractivity contribution in [3.8, 4) is 5.75 Å². The molecule has 1 aliphatic heterocycles. The number of nitrogens with zero attached hydrogens (tertiary/aromatic N) is 1. The predicted octanol–water partition coefficient (Wildman–Crippen LogP) is 4.65. The molecule has 1 heterocycles. The molecule has 0 bridgehead atoms. The van der Waals surface area contributed by atoms with E-state index in [-0.39, 0.29) is 17.4 Å². The number of carbonyl (C=O) groups excluding carboxylic acids is 2. The van der Waals surface area contributed by atoms with E-state index in [4.69, 9.17) is 4.74 Å². The van der Waals surface area contributed by atoms with E-state index in [1.807, 2.05) is 24.3 Å². The van der Waals surface area contributed by atoms with Crippen LogP contribution in [0.2, 0.25) is 0 Å². The van der Waals surface area contributed by atoms with Gasteiger partial charge in [0.25, 0.3) is 0 Å². The number of Topliss-reactive ketones (excluding diaryl/α,β-unsaturated/α-hetero) is 1. The fourth-order valence-corrected chi connectivity index (χ4v) is 4.29. The topological polar surface area (TPSA) is 67.8 Å². The fraction of sp³-hybridized carbons (Fsp3) is 0.292. The molecule has 6 heteroatoms. The summed E-state index contributed by atoms with van der Waals surface area (Å²) in [5, 5.41) is 2.69. The Balaban J connectivity index is 1.77. The molecular formula is C24H23FN2O3. The number of hydrogen-bond acceptors (Lipinski definition) is 4. The molecule has 0 aromatic heterocycles. The number of anilines is 1. The second-order valence-electron chi connectivity index (χ2n) is 7.59. The van der Waals surface area contributed by atoms with Gasteiger partial charge >= 0.3 is 0 Å². The summed E-state index contributed by atoms with van der Waals surface area (Å²) in [5.41, 5.74) is 2.93. The van der Waals surface area contributed by atoms with Crippen LogP contribution in [0, 0.1) is 11.7 Å². The van der Waals surface area contributed by atoms with Crippen LogP contribution in [-0.2, 0) is 9.59 Å². The Hall–Kier alpha value is -3.28. The van der Waals surface area contributed by atoms with Crippen molar-refractivity contribution in [1.82, 2.24) is 0 Å². The first kappa shape index (κ1) is 20.0. The molecule has 0 radical (unpaired) electrons. The zero-order valence-electron chi connectivity index (χ0n) is 16.9. The lowest BCUT2D eigenvalue weighted by atomic mass is 9.71. The van der Waals surface area contributed by atoms with E-state index in [2.05, 4.69) is 10.3 Å². The minimum atomic E-state index is -0.709. The Morgan fingerprint density at radius 3 is 2.57 bits per heavy atom. The van der Waals surface area contributed by atoms with Crippen LogP contribution in [0.1, 0.15) is 37.7 Å². The highest BCUT2D eigenvalue weighted by Crippen LogP contribution is 2.43. The summed E-state index contributed by atoms with van der Waals surface area (Å²) in [7, 11) is 1.59. The molecule has 1 N–H and O–H groups in total. The molecule has 2 aromatic carbocycles. The summed E-state index contributed by atoms with van der Waals surface area (Å²) in [4.78, 5) is 30.8. The number of hydrogen-bond donors (Lipinski definition) is 1. The smallest absolute Gasteiger partial charge is 0.234 e. The van der Waals surface area contributed by atoms with Gasteiger partial charge in [-0.3, -0.25) is 14.6 Å².